The SMILES string of the molecule is COc1cc(CNc2ccc3c(c2)OCCO3)c(Cl)cc1OC(C)C. The first-order valence-corrected chi connectivity index (χ1v) is 8.61. The van der Waals surface area contributed by atoms with Gasteiger partial charge >= 0.3 is 0 Å². The summed E-state index contributed by atoms with van der Waals surface area (Å²) in [5.74, 6) is 2.83. The molecule has 0 aliphatic carbocycles. The molecule has 1 aliphatic heterocycles. The fraction of sp³-hybridized carbons (Fsp3) is 0.368. The summed E-state index contributed by atoms with van der Waals surface area (Å²) in [5.41, 5.74) is 1.85. The minimum absolute atomic E-state index is 0.0478. The first-order valence-electron chi connectivity index (χ1n) is 8.23. The van der Waals surface area contributed by atoms with Crippen LogP contribution in [0.1, 0.15) is 19.4 Å². The number of benzene rings is 2. The van der Waals surface area contributed by atoms with E-state index in [-0.39, 0.29) is 6.10 Å². The van der Waals surface area contributed by atoms with E-state index in [2.05, 4.69) is 5.32 Å². The molecule has 0 fully saturated rings. The predicted molar refractivity (Wildman–Crippen MR) is 98.5 cm³/mol. The number of methoxy groups -OCH3 is 1. The van der Waals surface area contributed by atoms with Crippen LogP contribution in [0.4, 0.5) is 5.69 Å². The fourth-order valence-corrected chi connectivity index (χ4v) is 2.79. The van der Waals surface area contributed by atoms with Gasteiger partial charge < -0.3 is 24.3 Å². The topological polar surface area (TPSA) is 49.0 Å². The van der Waals surface area contributed by atoms with Crippen LogP contribution >= 0.6 is 11.6 Å². The van der Waals surface area contributed by atoms with E-state index in [0.717, 1.165) is 22.7 Å². The van der Waals surface area contributed by atoms with E-state index in [1.54, 1.807) is 13.2 Å². The molecule has 1 N–H and O–H groups in total. The van der Waals surface area contributed by atoms with Crippen molar-refractivity contribution in [3.05, 3.63) is 40.9 Å². The Labute approximate surface area is 152 Å². The Morgan fingerprint density at radius 2 is 1.84 bits per heavy atom. The Morgan fingerprint density at radius 1 is 1.08 bits per heavy atom. The van der Waals surface area contributed by atoms with Gasteiger partial charge in [0, 0.05) is 29.4 Å². The second kappa shape index (κ2) is 7.74. The zero-order valence-electron chi connectivity index (χ0n) is 14.6. The van der Waals surface area contributed by atoms with E-state index < -0.39 is 0 Å². The number of hydrogen-bond acceptors (Lipinski definition) is 5. The second-order valence-electron chi connectivity index (χ2n) is 5.97. The summed E-state index contributed by atoms with van der Waals surface area (Å²) in [6.45, 7) is 5.63. The van der Waals surface area contributed by atoms with Crippen molar-refractivity contribution < 1.29 is 18.9 Å². The summed E-state index contributed by atoms with van der Waals surface area (Å²) in [5, 5.41) is 3.97. The van der Waals surface area contributed by atoms with Crippen LogP contribution in [0.3, 0.4) is 0 Å². The number of halogens is 1. The van der Waals surface area contributed by atoms with Crippen molar-refractivity contribution in [1.29, 1.82) is 0 Å². The molecule has 25 heavy (non-hydrogen) atoms. The van der Waals surface area contributed by atoms with Gasteiger partial charge in [-0.05, 0) is 37.6 Å². The van der Waals surface area contributed by atoms with Crippen LogP contribution in [0.5, 0.6) is 23.0 Å². The Kier molecular flexibility index (Phi) is 5.43. The number of nitrogens with one attached hydrogen (secondary N) is 1. The quantitative estimate of drug-likeness (QED) is 0.817. The van der Waals surface area contributed by atoms with E-state index in [9.17, 15) is 0 Å². The first kappa shape index (κ1) is 17.5. The highest BCUT2D eigenvalue weighted by Crippen LogP contribution is 2.35. The number of fused-ring (bicyclic) bond motifs is 1. The average Bonchev–Trinajstić information content (AvgIpc) is 2.60. The third-order valence-corrected chi connectivity index (χ3v) is 4.07. The number of ether oxygens (including phenoxy) is 4. The monoisotopic (exact) mass is 363 g/mol. The van der Waals surface area contributed by atoms with Crippen LogP contribution in [0.15, 0.2) is 30.3 Å². The van der Waals surface area contributed by atoms with E-state index in [1.165, 1.54) is 0 Å². The van der Waals surface area contributed by atoms with E-state index >= 15 is 0 Å². The maximum Gasteiger partial charge on any atom is 0.163 e. The van der Waals surface area contributed by atoms with Crippen LogP contribution in [0.25, 0.3) is 0 Å². The lowest BCUT2D eigenvalue weighted by Crippen LogP contribution is -2.15. The lowest BCUT2D eigenvalue weighted by molar-refractivity contribution is 0.171. The summed E-state index contributed by atoms with van der Waals surface area (Å²) < 4.78 is 22.3. The summed E-state index contributed by atoms with van der Waals surface area (Å²) >= 11 is 6.40. The molecule has 0 aromatic heterocycles. The molecule has 0 spiro atoms. The van der Waals surface area contributed by atoms with Gasteiger partial charge in [-0.15, -0.1) is 0 Å². The molecule has 0 unspecified atom stereocenters. The lowest BCUT2D eigenvalue weighted by Gasteiger charge is -2.19. The summed E-state index contributed by atoms with van der Waals surface area (Å²) in [7, 11) is 1.62. The van der Waals surface area contributed by atoms with Crippen molar-refractivity contribution in [3.63, 3.8) is 0 Å². The first-order chi connectivity index (χ1) is 12.1. The largest absolute Gasteiger partial charge is 0.493 e. The van der Waals surface area contributed by atoms with Crippen LogP contribution in [0, 0.1) is 0 Å². The van der Waals surface area contributed by atoms with Gasteiger partial charge in [0.05, 0.1) is 13.2 Å². The molecule has 0 amide bonds. The number of hydrogen-bond donors (Lipinski definition) is 1. The van der Waals surface area contributed by atoms with Gasteiger partial charge in [-0.25, -0.2) is 0 Å². The van der Waals surface area contributed by atoms with Gasteiger partial charge in [0.2, 0.25) is 0 Å². The smallest absolute Gasteiger partial charge is 0.163 e. The van der Waals surface area contributed by atoms with Crippen LogP contribution in [-0.2, 0) is 6.54 Å². The van der Waals surface area contributed by atoms with Crippen LogP contribution in [0.2, 0.25) is 5.02 Å². The van der Waals surface area contributed by atoms with Crippen LogP contribution < -0.4 is 24.3 Å². The molecule has 5 nitrogen and oxygen atoms in total. The van der Waals surface area contributed by atoms with Gasteiger partial charge in [-0.3, -0.25) is 0 Å². The Bertz CT molecular complexity index is 748. The highest BCUT2D eigenvalue weighted by atomic mass is 35.5. The molecule has 0 atom stereocenters. The molecule has 0 radical (unpaired) electrons. The number of anilines is 1. The highest BCUT2D eigenvalue weighted by Gasteiger charge is 2.14. The Balaban J connectivity index is 1.74. The Morgan fingerprint density at radius 3 is 2.56 bits per heavy atom. The molecular weight excluding hydrogens is 342 g/mol. The summed E-state index contributed by atoms with van der Waals surface area (Å²) in [6.07, 6.45) is 0.0478. The normalized spacial score (nSPS) is 12.8. The zero-order chi connectivity index (χ0) is 17.8. The molecule has 0 saturated heterocycles. The van der Waals surface area contributed by atoms with E-state index in [4.69, 9.17) is 30.5 Å². The van der Waals surface area contributed by atoms with Crippen molar-refractivity contribution >= 4 is 17.3 Å². The van der Waals surface area contributed by atoms with Gasteiger partial charge in [0.1, 0.15) is 13.2 Å². The van der Waals surface area contributed by atoms with Gasteiger partial charge in [0.25, 0.3) is 0 Å². The van der Waals surface area contributed by atoms with E-state index in [1.807, 2.05) is 38.1 Å². The molecule has 2 aromatic carbocycles. The van der Waals surface area contributed by atoms with E-state index in [0.29, 0.717) is 36.3 Å². The molecule has 0 saturated carbocycles. The van der Waals surface area contributed by atoms with Crippen molar-refractivity contribution in [2.75, 3.05) is 25.6 Å². The second-order valence-corrected chi connectivity index (χ2v) is 6.38. The fourth-order valence-electron chi connectivity index (χ4n) is 2.57. The predicted octanol–water partition coefficient (Wildman–Crippen LogP) is 4.52. The minimum atomic E-state index is 0.0478. The van der Waals surface area contributed by atoms with Crippen molar-refractivity contribution in [1.82, 2.24) is 0 Å². The molecule has 1 heterocycles. The minimum Gasteiger partial charge on any atom is -0.493 e. The zero-order valence-corrected chi connectivity index (χ0v) is 15.4. The van der Waals surface area contributed by atoms with Gasteiger partial charge in [0.15, 0.2) is 23.0 Å². The molecule has 134 valence electrons. The molecule has 0 bridgehead atoms. The molecule has 1 aliphatic rings. The summed E-state index contributed by atoms with van der Waals surface area (Å²) in [4.78, 5) is 0. The molecule has 3 rings (SSSR count). The standard InChI is InChI=1S/C19H22ClNO4/c1-12(2)25-19-10-15(20)13(8-17(19)22-3)11-21-14-4-5-16-18(9-14)24-7-6-23-16/h4-5,8-10,12,21H,6-7,11H2,1-3H3. The van der Waals surface area contributed by atoms with Crippen LogP contribution in [-0.4, -0.2) is 26.4 Å². The molecular formula is C19H22ClNO4. The maximum atomic E-state index is 6.40. The van der Waals surface area contributed by atoms with Gasteiger partial charge in [-0.1, -0.05) is 11.6 Å². The van der Waals surface area contributed by atoms with Crippen molar-refractivity contribution in [2.24, 2.45) is 0 Å². The van der Waals surface area contributed by atoms with Crippen molar-refractivity contribution in [3.8, 4) is 23.0 Å². The Hall–Kier alpha value is -2.27. The number of rotatable bonds is 6. The van der Waals surface area contributed by atoms with Crippen molar-refractivity contribution in [2.45, 2.75) is 26.5 Å². The molecule has 6 heteroatoms. The average molecular weight is 364 g/mol. The third-order valence-electron chi connectivity index (χ3n) is 3.72. The lowest BCUT2D eigenvalue weighted by atomic mass is 10.2. The molecule has 2 aromatic rings. The maximum absolute atomic E-state index is 6.40. The summed E-state index contributed by atoms with van der Waals surface area (Å²) in [6, 6.07) is 9.47. The third kappa shape index (κ3) is 4.23. The van der Waals surface area contributed by atoms with Gasteiger partial charge in [-0.2, -0.15) is 0 Å². The highest BCUT2D eigenvalue weighted by molar-refractivity contribution is 6.31.